The summed E-state index contributed by atoms with van der Waals surface area (Å²) in [6.07, 6.45) is 1.77. The summed E-state index contributed by atoms with van der Waals surface area (Å²) in [5, 5.41) is 5.35. The smallest absolute Gasteiger partial charge is 0.124 e. The number of hydrogen-bond acceptors (Lipinski definition) is 4. The fraction of sp³-hybridized carbons (Fsp3) is 0.312. The number of pyridine rings is 1. The molecule has 1 N–H and O–H groups in total. The van der Waals surface area contributed by atoms with Gasteiger partial charge in [-0.2, -0.15) is 0 Å². The Labute approximate surface area is 134 Å². The summed E-state index contributed by atoms with van der Waals surface area (Å²) in [4.78, 5) is 4.37. The van der Waals surface area contributed by atoms with E-state index in [1.54, 1.807) is 18.0 Å². The molecule has 2 atom stereocenters. The molecule has 5 heteroatoms. The van der Waals surface area contributed by atoms with E-state index in [1.807, 2.05) is 30.3 Å². The van der Waals surface area contributed by atoms with Crippen molar-refractivity contribution >= 4 is 23.4 Å². The summed E-state index contributed by atoms with van der Waals surface area (Å²) in [5.74, 6) is 0.965. The molecule has 3 rings (SSSR count). The van der Waals surface area contributed by atoms with Crippen molar-refractivity contribution in [2.45, 2.75) is 23.2 Å². The fourth-order valence-electron chi connectivity index (χ4n) is 2.50. The minimum absolute atomic E-state index is 0.239. The summed E-state index contributed by atoms with van der Waals surface area (Å²) < 4.78 is 5.89. The van der Waals surface area contributed by atoms with Gasteiger partial charge in [-0.3, -0.25) is 0 Å². The summed E-state index contributed by atoms with van der Waals surface area (Å²) in [7, 11) is 0. The highest BCUT2D eigenvalue weighted by molar-refractivity contribution is 8.00. The van der Waals surface area contributed by atoms with Crippen molar-refractivity contribution in [3.8, 4) is 5.75 Å². The number of benzene rings is 1. The third-order valence-corrected chi connectivity index (χ3v) is 5.12. The maximum Gasteiger partial charge on any atom is 0.124 e. The quantitative estimate of drug-likeness (QED) is 0.925. The standard InChI is InChI=1S/C16H17ClN2OS/c1-2-18-15-11-6-3-4-8-13(11)20-10-14(15)21-16-12(17)7-5-9-19-16/h3-9,14-15,18H,2,10H2,1H3. The van der Waals surface area contributed by atoms with Crippen LogP contribution in [0.4, 0.5) is 0 Å². The predicted octanol–water partition coefficient (Wildman–Crippen LogP) is 3.94. The number of nitrogens with one attached hydrogen (secondary N) is 1. The molecule has 2 unspecified atom stereocenters. The largest absolute Gasteiger partial charge is 0.492 e. The number of ether oxygens (including phenoxy) is 1. The lowest BCUT2D eigenvalue weighted by Gasteiger charge is -2.33. The molecule has 2 heterocycles. The number of para-hydroxylation sites is 1. The maximum absolute atomic E-state index is 6.22. The molecule has 0 saturated heterocycles. The van der Waals surface area contributed by atoms with Gasteiger partial charge in [0.15, 0.2) is 0 Å². The zero-order valence-corrected chi connectivity index (χ0v) is 13.3. The molecule has 0 radical (unpaired) electrons. The average molecular weight is 321 g/mol. The van der Waals surface area contributed by atoms with Crippen LogP contribution < -0.4 is 10.1 Å². The van der Waals surface area contributed by atoms with Gasteiger partial charge in [0.1, 0.15) is 17.4 Å². The van der Waals surface area contributed by atoms with Crippen molar-refractivity contribution in [1.82, 2.24) is 10.3 Å². The Hall–Kier alpha value is -1.23. The third-order valence-electron chi connectivity index (χ3n) is 3.44. The Morgan fingerprint density at radius 2 is 2.19 bits per heavy atom. The molecule has 0 fully saturated rings. The molecule has 0 saturated carbocycles. The highest BCUT2D eigenvalue weighted by Crippen LogP contribution is 2.40. The number of nitrogens with zero attached hydrogens (tertiary/aromatic N) is 1. The van der Waals surface area contributed by atoms with Crippen LogP contribution in [-0.4, -0.2) is 23.4 Å². The first-order valence-corrected chi connectivity index (χ1v) is 8.27. The molecule has 21 heavy (non-hydrogen) atoms. The van der Waals surface area contributed by atoms with E-state index in [2.05, 4.69) is 23.3 Å². The van der Waals surface area contributed by atoms with Crippen molar-refractivity contribution in [2.75, 3.05) is 13.2 Å². The molecule has 1 aromatic carbocycles. The van der Waals surface area contributed by atoms with Gasteiger partial charge in [-0.25, -0.2) is 4.98 Å². The molecule has 1 aliphatic rings. The van der Waals surface area contributed by atoms with Gasteiger partial charge >= 0.3 is 0 Å². The van der Waals surface area contributed by atoms with Gasteiger partial charge in [-0.05, 0) is 24.7 Å². The van der Waals surface area contributed by atoms with Gasteiger partial charge in [0, 0.05) is 11.8 Å². The molecule has 110 valence electrons. The van der Waals surface area contributed by atoms with Crippen LogP contribution in [0.5, 0.6) is 5.75 Å². The van der Waals surface area contributed by atoms with Gasteiger partial charge in [-0.15, -0.1) is 0 Å². The monoisotopic (exact) mass is 320 g/mol. The van der Waals surface area contributed by atoms with Crippen LogP contribution in [0.15, 0.2) is 47.6 Å². The maximum atomic E-state index is 6.22. The zero-order valence-electron chi connectivity index (χ0n) is 11.8. The normalized spacial score (nSPS) is 20.7. The molecule has 0 spiro atoms. The number of fused-ring (bicyclic) bond motifs is 1. The summed E-state index contributed by atoms with van der Waals surface area (Å²) in [6.45, 7) is 3.67. The lowest BCUT2D eigenvalue weighted by molar-refractivity contribution is 0.261. The van der Waals surface area contributed by atoms with Crippen LogP contribution >= 0.6 is 23.4 Å². The van der Waals surface area contributed by atoms with E-state index >= 15 is 0 Å². The topological polar surface area (TPSA) is 34.1 Å². The Kier molecular flexibility index (Phi) is 4.68. The van der Waals surface area contributed by atoms with Gasteiger partial charge < -0.3 is 10.1 Å². The Morgan fingerprint density at radius 1 is 1.33 bits per heavy atom. The van der Waals surface area contributed by atoms with E-state index in [1.165, 1.54) is 5.56 Å². The van der Waals surface area contributed by atoms with E-state index < -0.39 is 0 Å². The lowest BCUT2D eigenvalue weighted by atomic mass is 10.0. The van der Waals surface area contributed by atoms with E-state index in [4.69, 9.17) is 16.3 Å². The van der Waals surface area contributed by atoms with Gasteiger partial charge in [0.25, 0.3) is 0 Å². The van der Waals surface area contributed by atoms with Crippen LogP contribution in [0.2, 0.25) is 5.02 Å². The third kappa shape index (κ3) is 3.18. The number of hydrogen-bond donors (Lipinski definition) is 1. The average Bonchev–Trinajstić information content (AvgIpc) is 2.52. The van der Waals surface area contributed by atoms with Gasteiger partial charge in [0.05, 0.1) is 16.3 Å². The molecule has 0 aliphatic carbocycles. The Balaban J connectivity index is 1.87. The number of rotatable bonds is 4. The van der Waals surface area contributed by atoms with Crippen LogP contribution in [0.25, 0.3) is 0 Å². The van der Waals surface area contributed by atoms with Crippen LogP contribution in [0.1, 0.15) is 18.5 Å². The van der Waals surface area contributed by atoms with Crippen molar-refractivity contribution in [1.29, 1.82) is 0 Å². The SMILES string of the molecule is CCNC1c2ccccc2OCC1Sc1ncccc1Cl. The van der Waals surface area contributed by atoms with Crippen LogP contribution in [-0.2, 0) is 0 Å². The van der Waals surface area contributed by atoms with Crippen LogP contribution in [0.3, 0.4) is 0 Å². The van der Waals surface area contributed by atoms with E-state index in [0.29, 0.717) is 11.6 Å². The van der Waals surface area contributed by atoms with Crippen molar-refractivity contribution in [3.63, 3.8) is 0 Å². The minimum atomic E-state index is 0.239. The van der Waals surface area contributed by atoms with E-state index in [9.17, 15) is 0 Å². The first kappa shape index (κ1) is 14.7. The summed E-state index contributed by atoms with van der Waals surface area (Å²) in [6, 6.07) is 12.2. The minimum Gasteiger partial charge on any atom is -0.492 e. The lowest BCUT2D eigenvalue weighted by Crippen LogP contribution is -2.37. The molecular formula is C16H17ClN2OS. The highest BCUT2D eigenvalue weighted by Gasteiger charge is 2.31. The molecule has 2 aromatic rings. The molecule has 3 nitrogen and oxygen atoms in total. The molecule has 0 bridgehead atoms. The van der Waals surface area contributed by atoms with E-state index in [0.717, 1.165) is 17.3 Å². The Bertz CT molecular complexity index is 623. The zero-order chi connectivity index (χ0) is 14.7. The second kappa shape index (κ2) is 6.69. The first-order chi connectivity index (χ1) is 10.3. The van der Waals surface area contributed by atoms with Gasteiger partial charge in [-0.1, -0.05) is 48.5 Å². The van der Waals surface area contributed by atoms with Crippen molar-refractivity contribution in [2.24, 2.45) is 0 Å². The number of halogens is 1. The second-order valence-electron chi connectivity index (χ2n) is 4.83. The van der Waals surface area contributed by atoms with Crippen molar-refractivity contribution in [3.05, 3.63) is 53.2 Å². The number of thioether (sulfide) groups is 1. The molecular weight excluding hydrogens is 304 g/mol. The van der Waals surface area contributed by atoms with Gasteiger partial charge in [0.2, 0.25) is 0 Å². The number of aromatic nitrogens is 1. The van der Waals surface area contributed by atoms with Crippen molar-refractivity contribution < 1.29 is 4.74 Å². The second-order valence-corrected chi connectivity index (χ2v) is 6.47. The van der Waals surface area contributed by atoms with E-state index in [-0.39, 0.29) is 11.3 Å². The summed E-state index contributed by atoms with van der Waals surface area (Å²) >= 11 is 7.90. The first-order valence-electron chi connectivity index (χ1n) is 7.02. The highest BCUT2D eigenvalue weighted by atomic mass is 35.5. The molecule has 0 amide bonds. The molecule has 1 aromatic heterocycles. The fourth-order valence-corrected chi connectivity index (χ4v) is 3.86. The van der Waals surface area contributed by atoms with Crippen LogP contribution in [0, 0.1) is 0 Å². The Morgan fingerprint density at radius 3 is 3.00 bits per heavy atom. The summed E-state index contributed by atoms with van der Waals surface area (Å²) in [5.41, 5.74) is 1.20. The molecule has 1 aliphatic heterocycles. The predicted molar refractivity (Wildman–Crippen MR) is 87.2 cm³/mol.